The quantitative estimate of drug-likeness (QED) is 0.463. The molecule has 0 aromatic carbocycles. The van der Waals surface area contributed by atoms with Crippen LogP contribution in [0.1, 0.15) is 4.88 Å². The van der Waals surface area contributed by atoms with Crippen LogP contribution in [0.15, 0.2) is 5.03 Å². The van der Waals surface area contributed by atoms with Gasteiger partial charge in [-0.3, -0.25) is 14.9 Å². The first-order chi connectivity index (χ1) is 6.00. The average molecular weight is 217 g/mol. The van der Waals surface area contributed by atoms with Crippen molar-refractivity contribution in [3.05, 3.63) is 4.88 Å². The van der Waals surface area contributed by atoms with Gasteiger partial charge in [0.05, 0.1) is 0 Å². The molecule has 0 bridgehead atoms. The van der Waals surface area contributed by atoms with Crippen molar-refractivity contribution < 1.29 is 9.59 Å². The third kappa shape index (κ3) is 2.43. The Labute approximate surface area is 83.8 Å². The number of hydrogen-bond acceptors (Lipinski definition) is 5. The molecule has 1 aromatic heterocycles. The number of anilines is 1. The zero-order valence-corrected chi connectivity index (χ0v) is 8.41. The molecule has 70 valence electrons. The van der Waals surface area contributed by atoms with Gasteiger partial charge < -0.3 is 5.73 Å². The number of amides is 2. The Kier molecular flexibility index (Phi) is 2.89. The zero-order chi connectivity index (χ0) is 10.0. The van der Waals surface area contributed by atoms with Gasteiger partial charge >= 0.3 is 11.8 Å². The summed E-state index contributed by atoms with van der Waals surface area (Å²) in [6.07, 6.45) is 0. The summed E-state index contributed by atoms with van der Waals surface area (Å²) in [6, 6.07) is 0. The molecular formula is C6H7N3O2S2. The molecule has 0 aliphatic carbocycles. The van der Waals surface area contributed by atoms with Crippen molar-refractivity contribution in [2.24, 2.45) is 5.73 Å². The van der Waals surface area contributed by atoms with E-state index < -0.39 is 11.8 Å². The smallest absolute Gasteiger partial charge is 0.315 e. The number of thiol groups is 1. The number of thiazole rings is 1. The molecule has 5 nitrogen and oxygen atoms in total. The Morgan fingerprint density at radius 2 is 2.23 bits per heavy atom. The first-order valence-corrected chi connectivity index (χ1v) is 4.54. The van der Waals surface area contributed by atoms with Crippen molar-refractivity contribution >= 4 is 40.9 Å². The van der Waals surface area contributed by atoms with Gasteiger partial charge in [-0.15, -0.1) is 24.0 Å². The molecule has 1 rings (SSSR count). The summed E-state index contributed by atoms with van der Waals surface area (Å²) in [5, 5.41) is 3.11. The molecule has 0 radical (unpaired) electrons. The predicted molar refractivity (Wildman–Crippen MR) is 51.9 cm³/mol. The number of nitrogens with zero attached hydrogens (tertiary/aromatic N) is 1. The van der Waals surface area contributed by atoms with Crippen molar-refractivity contribution in [2.45, 2.75) is 11.9 Å². The predicted octanol–water partition coefficient (Wildman–Crippen LogP) is 0.164. The largest absolute Gasteiger partial charge is 0.361 e. The monoisotopic (exact) mass is 217 g/mol. The maximum Gasteiger partial charge on any atom is 0.315 e. The lowest BCUT2D eigenvalue weighted by Gasteiger charge is -1.94. The number of nitrogens with one attached hydrogen (secondary N) is 1. The number of carbonyl (C=O) groups excluding carboxylic acids is 2. The number of carbonyl (C=O) groups is 2. The Hall–Kier alpha value is -1.08. The third-order valence-corrected chi connectivity index (χ3v) is 2.69. The van der Waals surface area contributed by atoms with Crippen molar-refractivity contribution in [3.8, 4) is 0 Å². The van der Waals surface area contributed by atoms with E-state index in [1.807, 2.05) is 0 Å². The van der Waals surface area contributed by atoms with E-state index in [0.29, 0.717) is 10.2 Å². The van der Waals surface area contributed by atoms with E-state index in [0.717, 1.165) is 4.88 Å². The van der Waals surface area contributed by atoms with Gasteiger partial charge in [-0.2, -0.15) is 0 Å². The minimum Gasteiger partial charge on any atom is -0.361 e. The molecule has 3 N–H and O–H groups in total. The van der Waals surface area contributed by atoms with Crippen molar-refractivity contribution in [3.63, 3.8) is 0 Å². The highest BCUT2D eigenvalue weighted by molar-refractivity contribution is 7.80. The van der Waals surface area contributed by atoms with E-state index in [2.05, 4.69) is 22.9 Å². The lowest BCUT2D eigenvalue weighted by atomic mass is 10.6. The number of primary amides is 1. The van der Waals surface area contributed by atoms with Crippen LogP contribution in [-0.4, -0.2) is 16.8 Å². The van der Waals surface area contributed by atoms with Crippen molar-refractivity contribution in [1.29, 1.82) is 0 Å². The van der Waals surface area contributed by atoms with Crippen LogP contribution < -0.4 is 11.1 Å². The lowest BCUT2D eigenvalue weighted by Crippen LogP contribution is -2.29. The Morgan fingerprint density at radius 3 is 2.62 bits per heavy atom. The lowest BCUT2D eigenvalue weighted by molar-refractivity contribution is -0.134. The molecule has 0 atom stereocenters. The fourth-order valence-corrected chi connectivity index (χ4v) is 1.61. The average Bonchev–Trinajstić information content (AvgIpc) is 2.31. The van der Waals surface area contributed by atoms with E-state index in [1.165, 1.54) is 11.3 Å². The van der Waals surface area contributed by atoms with Crippen LogP contribution in [0.5, 0.6) is 0 Å². The van der Waals surface area contributed by atoms with E-state index in [9.17, 15) is 9.59 Å². The highest BCUT2D eigenvalue weighted by atomic mass is 32.1. The number of aromatic nitrogens is 1. The standard InChI is InChI=1S/C6H7N3O2S2/c1-2-5(12)9-6(13-2)8-4(11)3(7)10/h12H,1H3,(H2,7,10)(H,8,9,11). The second-order valence-electron chi connectivity index (χ2n) is 2.22. The second kappa shape index (κ2) is 3.75. The minimum absolute atomic E-state index is 0.325. The highest BCUT2D eigenvalue weighted by Crippen LogP contribution is 2.23. The Morgan fingerprint density at radius 1 is 1.62 bits per heavy atom. The molecule has 0 fully saturated rings. The Balaban J connectivity index is 2.75. The van der Waals surface area contributed by atoms with Gasteiger partial charge in [0, 0.05) is 4.88 Å². The number of rotatable bonds is 1. The van der Waals surface area contributed by atoms with Crippen LogP contribution in [0.2, 0.25) is 0 Å². The highest BCUT2D eigenvalue weighted by Gasteiger charge is 2.12. The molecule has 13 heavy (non-hydrogen) atoms. The van der Waals surface area contributed by atoms with E-state index in [4.69, 9.17) is 5.73 Å². The number of aryl methyl sites for hydroxylation is 1. The molecule has 0 aliphatic rings. The SMILES string of the molecule is Cc1sc(NC(=O)C(N)=O)nc1S. The fraction of sp³-hybridized carbons (Fsp3) is 0.167. The normalized spacial score (nSPS) is 9.69. The van der Waals surface area contributed by atoms with Gasteiger partial charge in [0.1, 0.15) is 5.03 Å². The molecule has 2 amide bonds. The van der Waals surface area contributed by atoms with Gasteiger partial charge in [-0.1, -0.05) is 0 Å². The van der Waals surface area contributed by atoms with Crippen LogP contribution >= 0.6 is 24.0 Å². The van der Waals surface area contributed by atoms with Crippen LogP contribution in [-0.2, 0) is 9.59 Å². The molecule has 0 unspecified atom stereocenters. The topological polar surface area (TPSA) is 85.1 Å². The molecular weight excluding hydrogens is 210 g/mol. The summed E-state index contributed by atoms with van der Waals surface area (Å²) in [5.41, 5.74) is 4.74. The number of hydrogen-bond donors (Lipinski definition) is 3. The van der Waals surface area contributed by atoms with Crippen LogP contribution in [0.25, 0.3) is 0 Å². The molecule has 0 saturated carbocycles. The summed E-state index contributed by atoms with van der Waals surface area (Å²) < 4.78 is 0. The summed E-state index contributed by atoms with van der Waals surface area (Å²) in [5.74, 6) is -1.91. The maximum atomic E-state index is 10.8. The van der Waals surface area contributed by atoms with Gasteiger partial charge in [0.25, 0.3) is 0 Å². The fourth-order valence-electron chi connectivity index (χ4n) is 0.601. The summed E-state index contributed by atoms with van der Waals surface area (Å²) >= 11 is 5.26. The summed E-state index contributed by atoms with van der Waals surface area (Å²) in [6.45, 7) is 1.81. The Bertz CT molecular complexity index is 341. The van der Waals surface area contributed by atoms with E-state index >= 15 is 0 Å². The molecule has 0 spiro atoms. The second-order valence-corrected chi connectivity index (χ2v) is 3.84. The zero-order valence-electron chi connectivity index (χ0n) is 6.70. The first kappa shape index (κ1) is 10.0. The maximum absolute atomic E-state index is 10.8. The van der Waals surface area contributed by atoms with Crippen LogP contribution in [0, 0.1) is 6.92 Å². The van der Waals surface area contributed by atoms with E-state index in [1.54, 1.807) is 6.92 Å². The van der Waals surface area contributed by atoms with Gasteiger partial charge in [0.15, 0.2) is 5.13 Å². The molecule has 1 heterocycles. The van der Waals surface area contributed by atoms with Gasteiger partial charge in [-0.05, 0) is 6.92 Å². The summed E-state index contributed by atoms with van der Waals surface area (Å²) in [4.78, 5) is 25.9. The van der Waals surface area contributed by atoms with E-state index in [-0.39, 0.29) is 0 Å². The van der Waals surface area contributed by atoms with Crippen molar-refractivity contribution in [2.75, 3.05) is 5.32 Å². The van der Waals surface area contributed by atoms with Crippen molar-refractivity contribution in [1.82, 2.24) is 4.98 Å². The van der Waals surface area contributed by atoms with Gasteiger partial charge in [0.2, 0.25) is 0 Å². The molecule has 1 aromatic rings. The third-order valence-electron chi connectivity index (χ3n) is 1.22. The number of nitrogens with two attached hydrogens (primary N) is 1. The first-order valence-electron chi connectivity index (χ1n) is 3.28. The summed E-state index contributed by atoms with van der Waals surface area (Å²) in [7, 11) is 0. The van der Waals surface area contributed by atoms with Crippen LogP contribution in [0.4, 0.5) is 5.13 Å². The van der Waals surface area contributed by atoms with Crippen LogP contribution in [0.3, 0.4) is 0 Å². The molecule has 7 heteroatoms. The minimum atomic E-state index is -1.03. The molecule has 0 aliphatic heterocycles. The van der Waals surface area contributed by atoms with Gasteiger partial charge in [-0.25, -0.2) is 4.98 Å². The molecule has 0 saturated heterocycles.